The van der Waals surface area contributed by atoms with E-state index < -0.39 is 5.60 Å². The number of nitrogens with one attached hydrogen (secondary N) is 1. The van der Waals surface area contributed by atoms with Crippen LogP contribution in [-0.2, 0) is 16.8 Å². The third-order valence-corrected chi connectivity index (χ3v) is 4.03. The fraction of sp³-hybridized carbons (Fsp3) is 0.353. The van der Waals surface area contributed by atoms with E-state index in [1.165, 1.54) is 18.4 Å². The Morgan fingerprint density at radius 1 is 1.32 bits per heavy atom. The van der Waals surface area contributed by atoms with E-state index in [0.29, 0.717) is 5.76 Å². The van der Waals surface area contributed by atoms with Gasteiger partial charge in [0, 0.05) is 0 Å². The first kappa shape index (κ1) is 14.8. The molecule has 1 aromatic heterocycles. The third kappa shape index (κ3) is 3.20. The van der Waals surface area contributed by atoms with Crippen LogP contribution in [0.2, 0.25) is 0 Å². The molecular formula is C17H18FNO3. The Hall–Kier alpha value is -2.14. The van der Waals surface area contributed by atoms with Crippen LogP contribution in [0.3, 0.4) is 0 Å². The zero-order valence-electron chi connectivity index (χ0n) is 12.1. The largest absolute Gasteiger partial charge is 0.466 e. The summed E-state index contributed by atoms with van der Waals surface area (Å²) in [6, 6.07) is 9.26. The van der Waals surface area contributed by atoms with Crippen molar-refractivity contribution in [3.05, 3.63) is 59.8 Å². The van der Waals surface area contributed by atoms with E-state index in [1.807, 2.05) is 0 Å². The highest BCUT2D eigenvalue weighted by molar-refractivity contribution is 5.78. The molecule has 1 heterocycles. The Kier molecular flexibility index (Phi) is 3.98. The fourth-order valence-electron chi connectivity index (χ4n) is 2.60. The summed E-state index contributed by atoms with van der Waals surface area (Å²) in [7, 11) is 0. The highest BCUT2D eigenvalue weighted by Gasteiger charge is 2.47. The van der Waals surface area contributed by atoms with Crippen molar-refractivity contribution >= 4 is 5.91 Å². The lowest BCUT2D eigenvalue weighted by atomic mass is 9.94. The molecule has 3 rings (SSSR count). The van der Waals surface area contributed by atoms with Gasteiger partial charge in [0.2, 0.25) is 5.91 Å². The Morgan fingerprint density at radius 3 is 2.64 bits per heavy atom. The van der Waals surface area contributed by atoms with E-state index in [9.17, 15) is 14.3 Å². The smallest absolute Gasteiger partial charge is 0.224 e. The zero-order chi connectivity index (χ0) is 15.6. The Bertz CT molecular complexity index is 634. The van der Waals surface area contributed by atoms with E-state index in [2.05, 4.69) is 5.32 Å². The van der Waals surface area contributed by atoms with Gasteiger partial charge in [-0.2, -0.15) is 0 Å². The molecule has 0 spiro atoms. The maximum absolute atomic E-state index is 12.8. The topological polar surface area (TPSA) is 62.5 Å². The first-order valence-corrected chi connectivity index (χ1v) is 7.35. The van der Waals surface area contributed by atoms with E-state index in [0.717, 1.165) is 18.4 Å². The molecule has 0 saturated heterocycles. The average molecular weight is 303 g/mol. The quantitative estimate of drug-likeness (QED) is 0.861. The van der Waals surface area contributed by atoms with Gasteiger partial charge in [0.05, 0.1) is 19.2 Å². The summed E-state index contributed by atoms with van der Waals surface area (Å²) in [5.74, 6) is 0.0594. The Balaban J connectivity index is 1.60. The van der Waals surface area contributed by atoms with Crippen LogP contribution in [-0.4, -0.2) is 17.6 Å². The van der Waals surface area contributed by atoms with Gasteiger partial charge >= 0.3 is 0 Å². The van der Waals surface area contributed by atoms with Gasteiger partial charge in [-0.15, -0.1) is 0 Å². The van der Waals surface area contributed by atoms with Crippen molar-refractivity contribution < 1.29 is 18.7 Å². The van der Waals surface area contributed by atoms with E-state index in [1.54, 1.807) is 24.3 Å². The van der Waals surface area contributed by atoms with E-state index in [-0.39, 0.29) is 30.6 Å². The van der Waals surface area contributed by atoms with Crippen LogP contribution in [0.5, 0.6) is 0 Å². The molecule has 1 atom stereocenters. The minimum atomic E-state index is -1.15. The number of rotatable bonds is 6. The van der Waals surface area contributed by atoms with Gasteiger partial charge in [0.1, 0.15) is 17.2 Å². The standard InChI is InChI=1S/C17H18FNO3/c18-14-7-3-12(4-8-14)10-16(20)19-11-17(21,13-5-6-13)15-2-1-9-22-15/h1-4,7-9,13,21H,5-6,10-11H2,(H,19,20)/t17-/m1/s1. The van der Waals surface area contributed by atoms with Crippen LogP contribution in [0, 0.1) is 11.7 Å². The molecule has 22 heavy (non-hydrogen) atoms. The molecule has 0 unspecified atom stereocenters. The lowest BCUT2D eigenvalue weighted by Gasteiger charge is -2.26. The molecule has 0 radical (unpaired) electrons. The molecular weight excluding hydrogens is 285 g/mol. The number of carbonyl (C=O) groups is 1. The van der Waals surface area contributed by atoms with Gasteiger partial charge in [-0.1, -0.05) is 12.1 Å². The summed E-state index contributed by atoms with van der Waals surface area (Å²) in [6.45, 7) is 0.116. The van der Waals surface area contributed by atoms with Crippen LogP contribution in [0.15, 0.2) is 47.1 Å². The number of halogens is 1. The molecule has 2 aromatic rings. The van der Waals surface area contributed by atoms with Crippen molar-refractivity contribution in [1.82, 2.24) is 5.32 Å². The molecule has 1 saturated carbocycles. The predicted octanol–water partition coefficient (Wildman–Crippen LogP) is 2.38. The number of hydrogen-bond donors (Lipinski definition) is 2. The molecule has 4 nitrogen and oxygen atoms in total. The lowest BCUT2D eigenvalue weighted by molar-refractivity contribution is -0.122. The van der Waals surface area contributed by atoms with Crippen molar-refractivity contribution in [2.24, 2.45) is 5.92 Å². The van der Waals surface area contributed by atoms with Crippen LogP contribution in [0.4, 0.5) is 4.39 Å². The number of aliphatic hydroxyl groups is 1. The maximum Gasteiger partial charge on any atom is 0.224 e. The summed E-state index contributed by atoms with van der Waals surface area (Å²) in [4.78, 5) is 12.0. The molecule has 1 amide bonds. The average Bonchev–Trinajstić information content (AvgIpc) is 3.22. The van der Waals surface area contributed by atoms with Crippen molar-refractivity contribution in [3.63, 3.8) is 0 Å². The van der Waals surface area contributed by atoms with E-state index in [4.69, 9.17) is 4.42 Å². The van der Waals surface area contributed by atoms with Gasteiger partial charge in [-0.05, 0) is 48.6 Å². The van der Waals surface area contributed by atoms with Crippen molar-refractivity contribution in [2.75, 3.05) is 6.54 Å². The van der Waals surface area contributed by atoms with Crippen molar-refractivity contribution in [2.45, 2.75) is 24.9 Å². The molecule has 1 aliphatic rings. The van der Waals surface area contributed by atoms with Gasteiger partial charge in [0.25, 0.3) is 0 Å². The Labute approximate surface area is 128 Å². The van der Waals surface area contributed by atoms with Gasteiger partial charge in [0.15, 0.2) is 0 Å². The molecule has 1 aliphatic carbocycles. The summed E-state index contributed by atoms with van der Waals surface area (Å²) in [5, 5.41) is 13.6. The third-order valence-electron chi connectivity index (χ3n) is 4.03. The summed E-state index contributed by atoms with van der Waals surface area (Å²) >= 11 is 0. The first-order valence-electron chi connectivity index (χ1n) is 7.35. The van der Waals surface area contributed by atoms with E-state index >= 15 is 0 Å². The second-order valence-electron chi connectivity index (χ2n) is 5.76. The van der Waals surface area contributed by atoms with Crippen molar-refractivity contribution in [1.29, 1.82) is 0 Å². The zero-order valence-corrected chi connectivity index (χ0v) is 12.1. The minimum Gasteiger partial charge on any atom is -0.466 e. The number of amides is 1. The highest BCUT2D eigenvalue weighted by Crippen LogP contribution is 2.45. The Morgan fingerprint density at radius 2 is 2.05 bits per heavy atom. The molecule has 116 valence electrons. The van der Waals surface area contributed by atoms with Crippen LogP contribution in [0.25, 0.3) is 0 Å². The van der Waals surface area contributed by atoms with Gasteiger partial charge in [-0.25, -0.2) is 4.39 Å². The minimum absolute atomic E-state index is 0.116. The monoisotopic (exact) mass is 303 g/mol. The van der Waals surface area contributed by atoms with Crippen LogP contribution < -0.4 is 5.32 Å². The SMILES string of the molecule is O=C(Cc1ccc(F)cc1)NC[C@](O)(c1ccco1)C1CC1. The summed E-state index contributed by atoms with van der Waals surface area (Å²) < 4.78 is 18.2. The number of hydrogen-bond acceptors (Lipinski definition) is 3. The molecule has 0 aliphatic heterocycles. The fourth-order valence-corrected chi connectivity index (χ4v) is 2.60. The summed E-state index contributed by atoms with van der Waals surface area (Å²) in [6.07, 6.45) is 3.51. The van der Waals surface area contributed by atoms with Gasteiger partial charge in [-0.3, -0.25) is 4.79 Å². The second kappa shape index (κ2) is 5.93. The van der Waals surface area contributed by atoms with Crippen LogP contribution in [0.1, 0.15) is 24.2 Å². The maximum atomic E-state index is 12.8. The number of benzene rings is 1. The van der Waals surface area contributed by atoms with Crippen molar-refractivity contribution in [3.8, 4) is 0 Å². The first-order chi connectivity index (χ1) is 10.6. The number of furan rings is 1. The van der Waals surface area contributed by atoms with Gasteiger partial charge < -0.3 is 14.8 Å². The predicted molar refractivity (Wildman–Crippen MR) is 78.4 cm³/mol. The highest BCUT2D eigenvalue weighted by atomic mass is 19.1. The summed E-state index contributed by atoms with van der Waals surface area (Å²) in [5.41, 5.74) is -0.422. The lowest BCUT2D eigenvalue weighted by Crippen LogP contribution is -2.42. The molecule has 1 aromatic carbocycles. The molecule has 2 N–H and O–H groups in total. The van der Waals surface area contributed by atoms with Crippen LogP contribution >= 0.6 is 0 Å². The molecule has 5 heteroatoms. The normalized spacial score (nSPS) is 17.0. The molecule has 0 bridgehead atoms. The second-order valence-corrected chi connectivity index (χ2v) is 5.76. The number of carbonyl (C=O) groups excluding carboxylic acids is 1. The molecule has 1 fully saturated rings.